The van der Waals surface area contributed by atoms with Gasteiger partial charge in [-0.15, -0.1) is 17.9 Å². The topological polar surface area (TPSA) is 68.5 Å². The Morgan fingerprint density at radius 1 is 1.32 bits per heavy atom. The van der Waals surface area contributed by atoms with Gasteiger partial charge in [-0.2, -0.15) is 4.98 Å². The monoisotopic (exact) mass is 417 g/mol. The molecule has 0 aliphatic carbocycles. The Balaban J connectivity index is 1.59. The van der Waals surface area contributed by atoms with Crippen LogP contribution in [0.15, 0.2) is 53.6 Å². The first-order valence-electron chi connectivity index (χ1n) is 8.69. The fourth-order valence-electron chi connectivity index (χ4n) is 2.62. The summed E-state index contributed by atoms with van der Waals surface area (Å²) in [5.41, 5.74) is 0.824. The Kier molecular flexibility index (Phi) is 6.84. The molecule has 3 rings (SSSR count). The summed E-state index contributed by atoms with van der Waals surface area (Å²) in [7, 11) is 1.61. The summed E-state index contributed by atoms with van der Waals surface area (Å²) in [5, 5.41) is 3.99. The molecule has 0 saturated carbocycles. The molecule has 0 aliphatic heterocycles. The van der Waals surface area contributed by atoms with Crippen molar-refractivity contribution in [2.24, 2.45) is 0 Å². The quantitative estimate of drug-likeness (QED) is 0.475. The van der Waals surface area contributed by atoms with Gasteiger partial charge in [-0.3, -0.25) is 4.79 Å². The number of nitrogens with zero attached hydrogens (tertiary/aromatic N) is 3. The van der Waals surface area contributed by atoms with Gasteiger partial charge in [0.2, 0.25) is 17.6 Å². The molecule has 2 heterocycles. The number of amides is 1. The first kappa shape index (κ1) is 20.1. The van der Waals surface area contributed by atoms with Crippen LogP contribution in [-0.2, 0) is 17.8 Å². The molecule has 146 valence electrons. The number of hydrogen-bond acceptors (Lipinski definition) is 6. The molecule has 0 bridgehead atoms. The number of hydrogen-bond donors (Lipinski definition) is 0. The smallest absolute Gasteiger partial charge is 0.227 e. The van der Waals surface area contributed by atoms with Crippen LogP contribution in [0.4, 0.5) is 0 Å². The molecular formula is C20H20ClN3O3S. The Bertz CT molecular complexity index is 936. The van der Waals surface area contributed by atoms with Crippen LogP contribution in [0, 0.1) is 0 Å². The fourth-order valence-corrected chi connectivity index (χ4v) is 3.72. The van der Waals surface area contributed by atoms with Crippen molar-refractivity contribution in [2.75, 3.05) is 13.7 Å². The molecule has 0 spiro atoms. The van der Waals surface area contributed by atoms with Crippen molar-refractivity contribution in [3.63, 3.8) is 0 Å². The molecule has 3 aromatic rings. The Morgan fingerprint density at radius 2 is 2.11 bits per heavy atom. The molecule has 0 fully saturated rings. The van der Waals surface area contributed by atoms with E-state index in [1.807, 2.05) is 36.4 Å². The highest BCUT2D eigenvalue weighted by Gasteiger charge is 2.16. The third-order valence-corrected chi connectivity index (χ3v) is 5.26. The number of halogens is 1. The van der Waals surface area contributed by atoms with Gasteiger partial charge in [0.05, 0.1) is 18.0 Å². The zero-order valence-corrected chi connectivity index (χ0v) is 17.0. The molecule has 28 heavy (non-hydrogen) atoms. The lowest BCUT2D eigenvalue weighted by atomic mass is 10.2. The summed E-state index contributed by atoms with van der Waals surface area (Å²) < 4.78 is 11.1. The number of rotatable bonds is 9. The van der Waals surface area contributed by atoms with Crippen LogP contribution in [0.5, 0.6) is 5.75 Å². The minimum Gasteiger partial charge on any atom is -0.497 e. The number of carbonyl (C=O) groups is 1. The second-order valence-corrected chi connectivity index (χ2v) is 7.81. The minimum atomic E-state index is -0.00591. The third kappa shape index (κ3) is 5.21. The number of ether oxygens (including phenoxy) is 1. The SMILES string of the molecule is C=CCN(Cc1ccc(Cl)s1)C(=O)CCc1nc(-c2ccc(OC)cc2)no1. The number of methoxy groups -OCH3 is 1. The lowest BCUT2D eigenvalue weighted by Crippen LogP contribution is -2.30. The summed E-state index contributed by atoms with van der Waals surface area (Å²) >= 11 is 7.44. The van der Waals surface area contributed by atoms with Gasteiger partial charge < -0.3 is 14.2 Å². The highest BCUT2D eigenvalue weighted by molar-refractivity contribution is 7.16. The maximum atomic E-state index is 12.6. The van der Waals surface area contributed by atoms with E-state index in [0.717, 1.165) is 16.2 Å². The van der Waals surface area contributed by atoms with Gasteiger partial charge in [0, 0.05) is 29.8 Å². The Morgan fingerprint density at radius 3 is 2.75 bits per heavy atom. The third-order valence-electron chi connectivity index (χ3n) is 4.05. The molecular weight excluding hydrogens is 398 g/mol. The average molecular weight is 418 g/mol. The van der Waals surface area contributed by atoms with E-state index in [-0.39, 0.29) is 12.3 Å². The van der Waals surface area contributed by atoms with E-state index < -0.39 is 0 Å². The van der Waals surface area contributed by atoms with Gasteiger partial charge >= 0.3 is 0 Å². The van der Waals surface area contributed by atoms with E-state index >= 15 is 0 Å². The predicted molar refractivity (Wildman–Crippen MR) is 110 cm³/mol. The molecule has 0 radical (unpaired) electrons. The van der Waals surface area contributed by atoms with Crippen molar-refractivity contribution < 1.29 is 14.1 Å². The van der Waals surface area contributed by atoms with Crippen LogP contribution < -0.4 is 4.74 Å². The van der Waals surface area contributed by atoms with Gasteiger partial charge in [-0.05, 0) is 36.4 Å². The van der Waals surface area contributed by atoms with Gasteiger partial charge in [0.1, 0.15) is 5.75 Å². The molecule has 1 amide bonds. The zero-order chi connectivity index (χ0) is 19.9. The lowest BCUT2D eigenvalue weighted by Gasteiger charge is -2.20. The lowest BCUT2D eigenvalue weighted by molar-refractivity contribution is -0.131. The molecule has 8 heteroatoms. The highest BCUT2D eigenvalue weighted by Crippen LogP contribution is 2.23. The fraction of sp³-hybridized carbons (Fsp3) is 0.250. The van der Waals surface area contributed by atoms with E-state index in [1.54, 1.807) is 18.1 Å². The molecule has 1 aromatic carbocycles. The van der Waals surface area contributed by atoms with E-state index in [0.29, 0.717) is 35.6 Å². The second-order valence-electron chi connectivity index (χ2n) is 6.01. The number of aryl methyl sites for hydroxylation is 1. The average Bonchev–Trinajstić information content (AvgIpc) is 3.35. The standard InChI is InChI=1S/C20H20ClN3O3S/c1-3-12-24(13-16-8-9-17(21)28-16)19(25)11-10-18-22-20(23-27-18)14-4-6-15(26-2)7-5-14/h3-9H,1,10-13H2,2H3. The van der Waals surface area contributed by atoms with Crippen molar-refractivity contribution in [1.82, 2.24) is 15.0 Å². The summed E-state index contributed by atoms with van der Waals surface area (Å²) in [6, 6.07) is 11.1. The maximum Gasteiger partial charge on any atom is 0.227 e. The molecule has 0 aliphatic rings. The largest absolute Gasteiger partial charge is 0.497 e. The van der Waals surface area contributed by atoms with Crippen LogP contribution in [0.1, 0.15) is 17.2 Å². The number of thiophene rings is 1. The van der Waals surface area contributed by atoms with E-state index in [2.05, 4.69) is 16.7 Å². The highest BCUT2D eigenvalue weighted by atomic mass is 35.5. The second kappa shape index (κ2) is 9.52. The van der Waals surface area contributed by atoms with E-state index in [4.69, 9.17) is 20.9 Å². The summed E-state index contributed by atoms with van der Waals surface area (Å²) in [6.07, 6.45) is 2.36. The van der Waals surface area contributed by atoms with Crippen LogP contribution >= 0.6 is 22.9 Å². The van der Waals surface area contributed by atoms with Crippen molar-refractivity contribution in [3.05, 3.63) is 64.2 Å². The van der Waals surface area contributed by atoms with Crippen molar-refractivity contribution in [3.8, 4) is 17.1 Å². The molecule has 6 nitrogen and oxygen atoms in total. The van der Waals surface area contributed by atoms with Crippen molar-refractivity contribution >= 4 is 28.8 Å². The zero-order valence-electron chi connectivity index (χ0n) is 15.4. The van der Waals surface area contributed by atoms with Gasteiger partial charge in [-0.1, -0.05) is 22.8 Å². The Labute approximate surface area is 172 Å². The minimum absolute atomic E-state index is 0.00591. The number of aromatic nitrogens is 2. The Hall–Kier alpha value is -2.64. The molecule has 2 aromatic heterocycles. The maximum absolute atomic E-state index is 12.6. The van der Waals surface area contributed by atoms with Gasteiger partial charge in [0.15, 0.2) is 0 Å². The van der Waals surface area contributed by atoms with Crippen LogP contribution in [0.25, 0.3) is 11.4 Å². The van der Waals surface area contributed by atoms with Gasteiger partial charge in [-0.25, -0.2) is 0 Å². The molecule has 0 saturated heterocycles. The summed E-state index contributed by atoms with van der Waals surface area (Å²) in [6.45, 7) is 4.70. The predicted octanol–water partition coefficient (Wildman–Crippen LogP) is 4.61. The first-order valence-corrected chi connectivity index (χ1v) is 9.88. The van der Waals surface area contributed by atoms with Crippen LogP contribution in [-0.4, -0.2) is 34.6 Å². The number of benzene rings is 1. The molecule has 0 N–H and O–H groups in total. The summed E-state index contributed by atoms with van der Waals surface area (Å²) in [5.74, 6) is 1.67. The molecule has 0 atom stereocenters. The first-order chi connectivity index (χ1) is 13.6. The van der Waals surface area contributed by atoms with Crippen molar-refractivity contribution in [2.45, 2.75) is 19.4 Å². The van der Waals surface area contributed by atoms with E-state index in [1.165, 1.54) is 11.3 Å². The van der Waals surface area contributed by atoms with Crippen LogP contribution in [0.3, 0.4) is 0 Å². The number of carbonyl (C=O) groups excluding carboxylic acids is 1. The van der Waals surface area contributed by atoms with Crippen molar-refractivity contribution in [1.29, 1.82) is 0 Å². The molecule has 0 unspecified atom stereocenters. The summed E-state index contributed by atoms with van der Waals surface area (Å²) in [4.78, 5) is 19.7. The van der Waals surface area contributed by atoms with Gasteiger partial charge in [0.25, 0.3) is 0 Å². The van der Waals surface area contributed by atoms with E-state index in [9.17, 15) is 4.79 Å². The van der Waals surface area contributed by atoms with Crippen LogP contribution in [0.2, 0.25) is 4.34 Å². The normalized spacial score (nSPS) is 10.6.